The third-order valence-corrected chi connectivity index (χ3v) is 4.88. The van der Waals surface area contributed by atoms with E-state index >= 15 is 0 Å². The molecule has 2 aliphatic rings. The predicted molar refractivity (Wildman–Crippen MR) is 70.7 cm³/mol. The fourth-order valence-corrected chi connectivity index (χ4v) is 3.78. The lowest BCUT2D eigenvalue weighted by atomic mass is 10.2. The Bertz CT molecular complexity index is 354. The second-order valence-electron chi connectivity index (χ2n) is 5.05. The Morgan fingerprint density at radius 1 is 1.24 bits per heavy atom. The molecule has 3 rings (SSSR count). The van der Waals surface area contributed by atoms with Crippen LogP contribution in [0.3, 0.4) is 0 Å². The summed E-state index contributed by atoms with van der Waals surface area (Å²) in [5.41, 5.74) is 0. The van der Waals surface area contributed by atoms with Crippen LogP contribution in [0.4, 0.5) is 0 Å². The molecule has 1 unspecified atom stereocenters. The number of thioether (sulfide) groups is 1. The van der Waals surface area contributed by atoms with Crippen molar-refractivity contribution in [2.45, 2.75) is 50.7 Å². The quantitative estimate of drug-likeness (QED) is 0.826. The van der Waals surface area contributed by atoms with Gasteiger partial charge in [0.15, 0.2) is 5.75 Å². The SMILES string of the molecule is c1nn(C2CCCC2)cc1OC1CCCSC1. The third kappa shape index (κ3) is 2.79. The van der Waals surface area contributed by atoms with E-state index in [4.69, 9.17) is 4.74 Å². The van der Waals surface area contributed by atoms with Crippen LogP contribution in [0.15, 0.2) is 12.4 Å². The van der Waals surface area contributed by atoms with Crippen molar-refractivity contribution in [1.29, 1.82) is 0 Å². The molecule has 1 aromatic rings. The first-order valence-corrected chi connectivity index (χ1v) is 7.86. The highest BCUT2D eigenvalue weighted by Crippen LogP contribution is 2.30. The molecular formula is C13H20N2OS. The highest BCUT2D eigenvalue weighted by atomic mass is 32.2. The lowest BCUT2D eigenvalue weighted by molar-refractivity contribution is 0.211. The second-order valence-corrected chi connectivity index (χ2v) is 6.20. The van der Waals surface area contributed by atoms with E-state index < -0.39 is 0 Å². The molecule has 0 bridgehead atoms. The van der Waals surface area contributed by atoms with Crippen LogP contribution in [-0.4, -0.2) is 27.4 Å². The highest BCUT2D eigenvalue weighted by molar-refractivity contribution is 7.99. The fraction of sp³-hybridized carbons (Fsp3) is 0.769. The van der Waals surface area contributed by atoms with Gasteiger partial charge in [0, 0.05) is 5.75 Å². The van der Waals surface area contributed by atoms with Gasteiger partial charge in [-0.3, -0.25) is 4.68 Å². The smallest absolute Gasteiger partial charge is 0.157 e. The van der Waals surface area contributed by atoms with Gasteiger partial charge >= 0.3 is 0 Å². The van der Waals surface area contributed by atoms with Gasteiger partial charge in [-0.25, -0.2) is 0 Å². The molecule has 0 spiro atoms. The Kier molecular flexibility index (Phi) is 3.60. The van der Waals surface area contributed by atoms with E-state index in [0.29, 0.717) is 12.1 Å². The van der Waals surface area contributed by atoms with Crippen molar-refractivity contribution in [2.75, 3.05) is 11.5 Å². The van der Waals surface area contributed by atoms with Gasteiger partial charge in [-0.1, -0.05) is 12.8 Å². The highest BCUT2D eigenvalue weighted by Gasteiger charge is 2.19. The van der Waals surface area contributed by atoms with Crippen molar-refractivity contribution < 1.29 is 4.74 Å². The van der Waals surface area contributed by atoms with Crippen molar-refractivity contribution in [1.82, 2.24) is 9.78 Å². The van der Waals surface area contributed by atoms with Gasteiger partial charge in [0.05, 0.1) is 18.4 Å². The zero-order chi connectivity index (χ0) is 11.5. The summed E-state index contributed by atoms with van der Waals surface area (Å²) in [5, 5.41) is 4.45. The van der Waals surface area contributed by atoms with E-state index in [1.54, 1.807) is 0 Å². The second kappa shape index (κ2) is 5.34. The molecule has 2 fully saturated rings. The number of ether oxygens (including phenoxy) is 1. The minimum atomic E-state index is 0.398. The molecule has 3 nitrogen and oxygen atoms in total. The Morgan fingerprint density at radius 3 is 2.88 bits per heavy atom. The van der Waals surface area contributed by atoms with Crippen molar-refractivity contribution in [3.8, 4) is 5.75 Å². The zero-order valence-corrected chi connectivity index (χ0v) is 11.0. The number of rotatable bonds is 3. The molecule has 1 saturated heterocycles. The number of hydrogen-bond donors (Lipinski definition) is 0. The monoisotopic (exact) mass is 252 g/mol. The van der Waals surface area contributed by atoms with Gasteiger partial charge < -0.3 is 4.74 Å². The van der Waals surface area contributed by atoms with Gasteiger partial charge in [-0.15, -0.1) is 0 Å². The Hall–Kier alpha value is -0.640. The molecule has 1 atom stereocenters. The van der Waals surface area contributed by atoms with Crippen LogP contribution in [0.1, 0.15) is 44.6 Å². The van der Waals surface area contributed by atoms with Gasteiger partial charge in [-0.05, 0) is 31.4 Å². The first kappa shape index (κ1) is 11.5. The Labute approximate surface area is 107 Å². The molecule has 94 valence electrons. The number of hydrogen-bond acceptors (Lipinski definition) is 3. The molecule has 1 aromatic heterocycles. The van der Waals surface area contributed by atoms with Crippen LogP contribution < -0.4 is 4.74 Å². The summed E-state index contributed by atoms with van der Waals surface area (Å²) in [5.74, 6) is 3.39. The summed E-state index contributed by atoms with van der Waals surface area (Å²) in [4.78, 5) is 0. The average Bonchev–Trinajstić information content (AvgIpc) is 3.00. The Morgan fingerprint density at radius 2 is 2.12 bits per heavy atom. The molecule has 4 heteroatoms. The van der Waals surface area contributed by atoms with E-state index in [1.165, 1.54) is 44.3 Å². The van der Waals surface area contributed by atoms with E-state index in [1.807, 2.05) is 18.0 Å². The molecule has 2 heterocycles. The van der Waals surface area contributed by atoms with Crippen LogP contribution in [-0.2, 0) is 0 Å². The maximum atomic E-state index is 5.99. The maximum Gasteiger partial charge on any atom is 0.157 e. The summed E-state index contributed by atoms with van der Waals surface area (Å²) >= 11 is 2.00. The number of nitrogens with zero attached hydrogens (tertiary/aromatic N) is 2. The van der Waals surface area contributed by atoms with Crippen LogP contribution in [0, 0.1) is 0 Å². The van der Waals surface area contributed by atoms with E-state index in [9.17, 15) is 0 Å². The van der Waals surface area contributed by atoms with E-state index in [-0.39, 0.29) is 0 Å². The van der Waals surface area contributed by atoms with Crippen LogP contribution in [0.5, 0.6) is 5.75 Å². The molecule has 1 aliphatic heterocycles. The summed E-state index contributed by atoms with van der Waals surface area (Å²) in [7, 11) is 0. The summed E-state index contributed by atoms with van der Waals surface area (Å²) in [6, 6.07) is 0.619. The molecule has 1 aliphatic carbocycles. The molecule has 1 saturated carbocycles. The predicted octanol–water partition coefficient (Wildman–Crippen LogP) is 3.27. The summed E-state index contributed by atoms with van der Waals surface area (Å²) in [6.07, 6.45) is 12.1. The van der Waals surface area contributed by atoms with Crippen molar-refractivity contribution in [2.24, 2.45) is 0 Å². The summed E-state index contributed by atoms with van der Waals surface area (Å²) < 4.78 is 8.10. The van der Waals surface area contributed by atoms with Crippen molar-refractivity contribution in [3.05, 3.63) is 12.4 Å². The van der Waals surface area contributed by atoms with Gasteiger partial charge in [0.2, 0.25) is 0 Å². The van der Waals surface area contributed by atoms with Crippen LogP contribution in [0.2, 0.25) is 0 Å². The Balaban J connectivity index is 1.59. The minimum absolute atomic E-state index is 0.398. The lowest BCUT2D eigenvalue weighted by Gasteiger charge is -2.21. The summed E-state index contributed by atoms with van der Waals surface area (Å²) in [6.45, 7) is 0. The largest absolute Gasteiger partial charge is 0.486 e. The van der Waals surface area contributed by atoms with Gasteiger partial charge in [0.1, 0.15) is 6.10 Å². The van der Waals surface area contributed by atoms with Gasteiger partial charge in [0.25, 0.3) is 0 Å². The molecule has 0 aromatic carbocycles. The first-order chi connectivity index (χ1) is 8.42. The first-order valence-electron chi connectivity index (χ1n) is 6.70. The van der Waals surface area contributed by atoms with E-state index in [0.717, 1.165) is 11.5 Å². The fourth-order valence-electron chi connectivity index (χ4n) is 2.75. The van der Waals surface area contributed by atoms with Crippen LogP contribution >= 0.6 is 11.8 Å². The standard InChI is InChI=1S/C13H20N2OS/c1-2-5-11(4-1)15-9-13(8-14-15)16-12-6-3-7-17-10-12/h8-9,11-12H,1-7,10H2. The third-order valence-electron chi connectivity index (χ3n) is 3.70. The molecular weight excluding hydrogens is 232 g/mol. The molecule has 0 amide bonds. The van der Waals surface area contributed by atoms with Crippen LogP contribution in [0.25, 0.3) is 0 Å². The normalized spacial score (nSPS) is 26.2. The molecule has 0 N–H and O–H groups in total. The average molecular weight is 252 g/mol. The van der Waals surface area contributed by atoms with Gasteiger partial charge in [-0.2, -0.15) is 16.9 Å². The van der Waals surface area contributed by atoms with Crippen molar-refractivity contribution in [3.63, 3.8) is 0 Å². The topological polar surface area (TPSA) is 27.1 Å². The van der Waals surface area contributed by atoms with Crippen molar-refractivity contribution >= 4 is 11.8 Å². The number of aromatic nitrogens is 2. The minimum Gasteiger partial charge on any atom is -0.486 e. The van der Waals surface area contributed by atoms with E-state index in [2.05, 4.69) is 16.0 Å². The zero-order valence-electron chi connectivity index (χ0n) is 10.2. The molecule has 17 heavy (non-hydrogen) atoms. The maximum absolute atomic E-state index is 5.99. The lowest BCUT2D eigenvalue weighted by Crippen LogP contribution is -2.23. The molecule has 0 radical (unpaired) electrons.